The first-order valence-corrected chi connectivity index (χ1v) is 6.98. The highest BCUT2D eigenvalue weighted by molar-refractivity contribution is 5.87. The third kappa shape index (κ3) is 3.69. The van der Waals surface area contributed by atoms with Crippen LogP contribution in [0.2, 0.25) is 0 Å². The average molecular weight is 307 g/mol. The van der Waals surface area contributed by atoms with Gasteiger partial charge in [-0.25, -0.2) is 4.79 Å². The van der Waals surface area contributed by atoms with Gasteiger partial charge in [0.1, 0.15) is 6.61 Å². The zero-order valence-electron chi connectivity index (χ0n) is 12.2. The van der Waals surface area contributed by atoms with Crippen LogP contribution >= 0.6 is 0 Å². The van der Waals surface area contributed by atoms with Crippen LogP contribution in [0.15, 0.2) is 48.5 Å². The molecule has 0 fully saturated rings. The SMILES string of the molecule is N#Cc1ccc(COC(=O)C=Cc2ccc3c(c2)OCO3)cc1. The number of ether oxygens (including phenoxy) is 3. The van der Waals surface area contributed by atoms with Crippen molar-refractivity contribution in [1.29, 1.82) is 5.26 Å². The van der Waals surface area contributed by atoms with E-state index in [9.17, 15) is 4.79 Å². The molecule has 0 saturated carbocycles. The first-order chi connectivity index (χ1) is 11.2. The number of hydrogen-bond acceptors (Lipinski definition) is 5. The van der Waals surface area contributed by atoms with Crippen molar-refractivity contribution in [3.8, 4) is 17.6 Å². The summed E-state index contributed by atoms with van der Waals surface area (Å²) >= 11 is 0. The molecule has 0 radical (unpaired) electrons. The number of fused-ring (bicyclic) bond motifs is 1. The third-order valence-electron chi connectivity index (χ3n) is 3.27. The first kappa shape index (κ1) is 14.7. The van der Waals surface area contributed by atoms with Crippen molar-refractivity contribution in [1.82, 2.24) is 0 Å². The Hall–Kier alpha value is -3.26. The summed E-state index contributed by atoms with van der Waals surface area (Å²) in [6, 6.07) is 14.3. The summed E-state index contributed by atoms with van der Waals surface area (Å²) in [4.78, 5) is 11.7. The maximum atomic E-state index is 11.7. The number of hydrogen-bond donors (Lipinski definition) is 0. The van der Waals surface area contributed by atoms with Gasteiger partial charge in [0.15, 0.2) is 11.5 Å². The number of rotatable bonds is 4. The Balaban J connectivity index is 1.55. The minimum Gasteiger partial charge on any atom is -0.458 e. The number of nitrogens with zero attached hydrogens (tertiary/aromatic N) is 1. The number of esters is 1. The lowest BCUT2D eigenvalue weighted by Gasteiger charge is -2.02. The summed E-state index contributed by atoms with van der Waals surface area (Å²) in [5, 5.41) is 8.72. The Morgan fingerprint density at radius 1 is 1.17 bits per heavy atom. The fourth-order valence-electron chi connectivity index (χ4n) is 2.06. The molecule has 0 spiro atoms. The Morgan fingerprint density at radius 2 is 1.96 bits per heavy atom. The van der Waals surface area contributed by atoms with Gasteiger partial charge >= 0.3 is 5.97 Å². The normalized spacial score (nSPS) is 12.1. The summed E-state index contributed by atoms with van der Waals surface area (Å²) in [6.45, 7) is 0.380. The van der Waals surface area contributed by atoms with Gasteiger partial charge in [-0.3, -0.25) is 0 Å². The Labute approximate surface area is 133 Å². The van der Waals surface area contributed by atoms with E-state index < -0.39 is 5.97 Å². The molecule has 0 aliphatic carbocycles. The molecule has 0 saturated heterocycles. The number of carbonyl (C=O) groups excluding carboxylic acids is 1. The van der Waals surface area contributed by atoms with Crippen LogP contribution in [0.4, 0.5) is 0 Å². The molecular formula is C18H13NO4. The minimum absolute atomic E-state index is 0.163. The molecule has 114 valence electrons. The maximum absolute atomic E-state index is 11.7. The predicted octanol–water partition coefficient (Wildman–Crippen LogP) is 3.04. The van der Waals surface area contributed by atoms with E-state index in [0.29, 0.717) is 17.1 Å². The number of benzene rings is 2. The number of carbonyl (C=O) groups is 1. The summed E-state index contributed by atoms with van der Waals surface area (Å²) in [5.74, 6) is 0.927. The van der Waals surface area contributed by atoms with Gasteiger partial charge < -0.3 is 14.2 Å². The average Bonchev–Trinajstić information content (AvgIpc) is 3.06. The molecule has 2 aromatic rings. The van der Waals surface area contributed by atoms with Crippen LogP contribution in [0.25, 0.3) is 6.08 Å². The lowest BCUT2D eigenvalue weighted by atomic mass is 10.1. The highest BCUT2D eigenvalue weighted by Gasteiger charge is 2.12. The van der Waals surface area contributed by atoms with Gasteiger partial charge in [0.2, 0.25) is 6.79 Å². The quantitative estimate of drug-likeness (QED) is 0.641. The van der Waals surface area contributed by atoms with Gasteiger partial charge in [-0.15, -0.1) is 0 Å². The van der Waals surface area contributed by atoms with Crippen molar-refractivity contribution < 1.29 is 19.0 Å². The van der Waals surface area contributed by atoms with Crippen molar-refractivity contribution in [3.05, 3.63) is 65.2 Å². The van der Waals surface area contributed by atoms with Gasteiger partial charge in [0.05, 0.1) is 11.6 Å². The maximum Gasteiger partial charge on any atom is 0.331 e. The molecule has 1 aliphatic rings. The summed E-state index contributed by atoms with van der Waals surface area (Å²) in [6.07, 6.45) is 3.02. The van der Waals surface area contributed by atoms with Crippen molar-refractivity contribution in [3.63, 3.8) is 0 Å². The highest BCUT2D eigenvalue weighted by Crippen LogP contribution is 2.32. The lowest BCUT2D eigenvalue weighted by molar-refractivity contribution is -0.138. The predicted molar refractivity (Wildman–Crippen MR) is 82.6 cm³/mol. The fraction of sp³-hybridized carbons (Fsp3) is 0.111. The van der Waals surface area contributed by atoms with Crippen LogP contribution in [-0.4, -0.2) is 12.8 Å². The van der Waals surface area contributed by atoms with Crippen LogP contribution in [-0.2, 0) is 16.1 Å². The van der Waals surface area contributed by atoms with E-state index in [-0.39, 0.29) is 13.4 Å². The molecule has 5 heteroatoms. The van der Waals surface area contributed by atoms with Gasteiger partial charge in [-0.1, -0.05) is 18.2 Å². The van der Waals surface area contributed by atoms with Crippen LogP contribution < -0.4 is 9.47 Å². The molecule has 0 unspecified atom stereocenters. The Bertz CT molecular complexity index is 788. The molecular weight excluding hydrogens is 294 g/mol. The fourth-order valence-corrected chi connectivity index (χ4v) is 2.06. The first-order valence-electron chi connectivity index (χ1n) is 6.98. The van der Waals surface area contributed by atoms with E-state index in [1.807, 2.05) is 12.1 Å². The zero-order chi connectivity index (χ0) is 16.1. The molecule has 0 bridgehead atoms. The molecule has 23 heavy (non-hydrogen) atoms. The second-order valence-electron chi connectivity index (χ2n) is 4.86. The van der Waals surface area contributed by atoms with Gasteiger partial charge in [-0.05, 0) is 41.5 Å². The molecule has 2 aromatic carbocycles. The smallest absolute Gasteiger partial charge is 0.331 e. The van der Waals surface area contributed by atoms with Crippen LogP contribution in [0.1, 0.15) is 16.7 Å². The second kappa shape index (κ2) is 6.67. The Kier molecular flexibility index (Phi) is 4.25. The second-order valence-corrected chi connectivity index (χ2v) is 4.86. The molecule has 0 atom stereocenters. The topological polar surface area (TPSA) is 68.5 Å². The molecule has 1 heterocycles. The van der Waals surface area contributed by atoms with Crippen molar-refractivity contribution >= 4 is 12.0 Å². The number of nitriles is 1. The molecule has 0 aromatic heterocycles. The largest absolute Gasteiger partial charge is 0.458 e. The van der Waals surface area contributed by atoms with E-state index >= 15 is 0 Å². The third-order valence-corrected chi connectivity index (χ3v) is 3.27. The molecule has 3 rings (SSSR count). The summed E-state index contributed by atoms with van der Waals surface area (Å²) in [7, 11) is 0. The van der Waals surface area contributed by atoms with Gasteiger partial charge in [-0.2, -0.15) is 5.26 Å². The van der Waals surface area contributed by atoms with Crippen molar-refractivity contribution in [2.75, 3.05) is 6.79 Å². The monoisotopic (exact) mass is 307 g/mol. The molecule has 5 nitrogen and oxygen atoms in total. The van der Waals surface area contributed by atoms with Gasteiger partial charge in [0.25, 0.3) is 0 Å². The van der Waals surface area contributed by atoms with E-state index in [0.717, 1.165) is 11.1 Å². The van der Waals surface area contributed by atoms with Crippen LogP contribution in [0.3, 0.4) is 0 Å². The van der Waals surface area contributed by atoms with Crippen molar-refractivity contribution in [2.45, 2.75) is 6.61 Å². The Morgan fingerprint density at radius 3 is 2.74 bits per heavy atom. The van der Waals surface area contributed by atoms with E-state index in [2.05, 4.69) is 0 Å². The van der Waals surface area contributed by atoms with E-state index in [4.69, 9.17) is 19.5 Å². The molecule has 0 N–H and O–H groups in total. The standard InChI is InChI=1S/C18H13NO4/c19-10-14-1-3-15(4-2-14)11-21-18(20)8-6-13-5-7-16-17(9-13)23-12-22-16/h1-9H,11-12H2. The van der Waals surface area contributed by atoms with Crippen LogP contribution in [0, 0.1) is 11.3 Å². The lowest BCUT2D eigenvalue weighted by Crippen LogP contribution is -2.00. The molecule has 0 amide bonds. The van der Waals surface area contributed by atoms with Crippen molar-refractivity contribution in [2.24, 2.45) is 0 Å². The highest BCUT2D eigenvalue weighted by atomic mass is 16.7. The van der Waals surface area contributed by atoms with Gasteiger partial charge in [0, 0.05) is 6.08 Å². The minimum atomic E-state index is -0.438. The molecule has 1 aliphatic heterocycles. The zero-order valence-corrected chi connectivity index (χ0v) is 12.2. The van der Waals surface area contributed by atoms with Crippen LogP contribution in [0.5, 0.6) is 11.5 Å². The summed E-state index contributed by atoms with van der Waals surface area (Å²) < 4.78 is 15.7. The van der Waals surface area contributed by atoms with E-state index in [1.54, 1.807) is 42.5 Å². The van der Waals surface area contributed by atoms with E-state index in [1.165, 1.54) is 6.08 Å². The summed E-state index contributed by atoms with van der Waals surface area (Å²) in [5.41, 5.74) is 2.22.